The molecule has 5 heteroatoms. The van der Waals surface area contributed by atoms with Crippen LogP contribution in [0.4, 0.5) is 5.69 Å². The Morgan fingerprint density at radius 2 is 2.04 bits per heavy atom. The molecule has 5 nitrogen and oxygen atoms in total. The second kappa shape index (κ2) is 8.89. The summed E-state index contributed by atoms with van der Waals surface area (Å²) in [6.45, 7) is 2.39. The Labute approximate surface area is 138 Å². The summed E-state index contributed by atoms with van der Waals surface area (Å²) >= 11 is 0. The van der Waals surface area contributed by atoms with Gasteiger partial charge in [0.2, 0.25) is 0 Å². The number of carbonyl (C=O) groups is 1. The van der Waals surface area contributed by atoms with Crippen LogP contribution in [0.25, 0.3) is 0 Å². The summed E-state index contributed by atoms with van der Waals surface area (Å²) < 4.78 is 5.47. The second-order valence-corrected chi connectivity index (χ2v) is 6.27. The molecular weight excluding hydrogens is 292 g/mol. The number of hydrogen-bond acceptors (Lipinski definition) is 4. The van der Waals surface area contributed by atoms with Gasteiger partial charge in [-0.15, -0.1) is 0 Å². The minimum Gasteiger partial charge on any atom is -0.492 e. The zero-order valence-corrected chi connectivity index (χ0v) is 13.8. The molecule has 2 rings (SSSR count). The van der Waals surface area contributed by atoms with Crippen molar-refractivity contribution in [1.29, 1.82) is 0 Å². The Morgan fingerprint density at radius 3 is 2.74 bits per heavy atom. The van der Waals surface area contributed by atoms with Crippen LogP contribution in [0.5, 0.6) is 5.75 Å². The van der Waals surface area contributed by atoms with E-state index in [2.05, 4.69) is 5.32 Å². The maximum atomic E-state index is 12.3. The van der Waals surface area contributed by atoms with Crippen molar-refractivity contribution in [2.45, 2.75) is 57.6 Å². The van der Waals surface area contributed by atoms with E-state index in [9.17, 15) is 9.90 Å². The highest BCUT2D eigenvalue weighted by atomic mass is 16.5. The van der Waals surface area contributed by atoms with E-state index >= 15 is 0 Å². The number of para-hydroxylation sites is 2. The fourth-order valence-corrected chi connectivity index (χ4v) is 3.19. The van der Waals surface area contributed by atoms with Gasteiger partial charge in [-0.2, -0.15) is 0 Å². The van der Waals surface area contributed by atoms with E-state index in [1.54, 1.807) is 12.1 Å². The first-order valence-electron chi connectivity index (χ1n) is 8.58. The van der Waals surface area contributed by atoms with Gasteiger partial charge in [0.05, 0.1) is 12.3 Å². The molecular formula is C18H28N2O3. The Bertz CT molecular complexity index is 501. The molecule has 1 saturated carbocycles. The Hall–Kier alpha value is -1.59. The number of aliphatic hydroxyl groups excluding tert-OH is 1. The van der Waals surface area contributed by atoms with Gasteiger partial charge in [0.25, 0.3) is 5.91 Å². The molecule has 128 valence electrons. The minimum atomic E-state index is -1.20. The molecule has 1 aliphatic rings. The van der Waals surface area contributed by atoms with Crippen LogP contribution >= 0.6 is 0 Å². The third-order valence-electron chi connectivity index (χ3n) is 4.45. The van der Waals surface area contributed by atoms with E-state index in [-0.39, 0.29) is 0 Å². The quantitative estimate of drug-likeness (QED) is 0.721. The van der Waals surface area contributed by atoms with Crippen LogP contribution in [0.15, 0.2) is 24.3 Å². The molecule has 2 atom stereocenters. The highest BCUT2D eigenvalue weighted by Crippen LogP contribution is 2.28. The monoisotopic (exact) mass is 320 g/mol. The Kier molecular flexibility index (Phi) is 6.86. The topological polar surface area (TPSA) is 84.6 Å². The second-order valence-electron chi connectivity index (χ2n) is 6.27. The van der Waals surface area contributed by atoms with Crippen LogP contribution in [-0.2, 0) is 4.79 Å². The summed E-state index contributed by atoms with van der Waals surface area (Å²) in [5.74, 6) is 0.647. The van der Waals surface area contributed by atoms with E-state index in [1.165, 1.54) is 19.3 Å². The number of aliphatic hydroxyl groups is 1. The van der Waals surface area contributed by atoms with Gasteiger partial charge in [0, 0.05) is 6.04 Å². The van der Waals surface area contributed by atoms with Gasteiger partial charge >= 0.3 is 0 Å². The average Bonchev–Trinajstić information content (AvgIpc) is 2.57. The third kappa shape index (κ3) is 5.22. The van der Waals surface area contributed by atoms with Crippen LogP contribution in [0.2, 0.25) is 0 Å². The molecule has 1 aromatic carbocycles. The zero-order valence-electron chi connectivity index (χ0n) is 13.8. The van der Waals surface area contributed by atoms with E-state index in [4.69, 9.17) is 10.5 Å². The standard InChI is InChI=1S/C18H28N2O3/c1-2-23-16-11-7-6-10-15(16)20-18(22)17(21)14(19)12-13-8-4-3-5-9-13/h6-7,10-11,13-14,17,21H,2-5,8-9,12,19H2,1H3,(H,20,22)/t14-,17?/m1/s1. The van der Waals surface area contributed by atoms with Crippen LogP contribution < -0.4 is 15.8 Å². The summed E-state index contributed by atoms with van der Waals surface area (Å²) in [4.78, 5) is 12.3. The Balaban J connectivity index is 1.91. The van der Waals surface area contributed by atoms with Crippen molar-refractivity contribution in [2.75, 3.05) is 11.9 Å². The molecule has 0 aromatic heterocycles. The van der Waals surface area contributed by atoms with Crippen LogP contribution in [0, 0.1) is 5.92 Å². The lowest BCUT2D eigenvalue weighted by Crippen LogP contribution is -2.44. The number of nitrogens with two attached hydrogens (primary N) is 1. The molecule has 0 heterocycles. The van der Waals surface area contributed by atoms with E-state index in [0.717, 1.165) is 12.8 Å². The van der Waals surface area contributed by atoms with Gasteiger partial charge in [-0.25, -0.2) is 0 Å². The summed E-state index contributed by atoms with van der Waals surface area (Å²) in [6, 6.07) is 6.66. The zero-order chi connectivity index (χ0) is 16.7. The van der Waals surface area contributed by atoms with E-state index in [0.29, 0.717) is 30.4 Å². The molecule has 1 aromatic rings. The number of ether oxygens (including phenoxy) is 1. The maximum Gasteiger partial charge on any atom is 0.254 e. The van der Waals surface area contributed by atoms with Gasteiger partial charge in [0.1, 0.15) is 11.9 Å². The van der Waals surface area contributed by atoms with Crippen molar-refractivity contribution in [1.82, 2.24) is 0 Å². The van der Waals surface area contributed by atoms with Crippen molar-refractivity contribution >= 4 is 11.6 Å². The predicted molar refractivity (Wildman–Crippen MR) is 91.4 cm³/mol. The van der Waals surface area contributed by atoms with Gasteiger partial charge in [-0.1, -0.05) is 44.2 Å². The lowest BCUT2D eigenvalue weighted by atomic mass is 9.84. The maximum absolute atomic E-state index is 12.3. The fourth-order valence-electron chi connectivity index (χ4n) is 3.19. The molecule has 1 fully saturated rings. The van der Waals surface area contributed by atoms with Crippen molar-refractivity contribution < 1.29 is 14.6 Å². The predicted octanol–water partition coefficient (Wildman–Crippen LogP) is 2.68. The number of carbonyl (C=O) groups excluding carboxylic acids is 1. The van der Waals surface area contributed by atoms with Gasteiger partial charge in [0.15, 0.2) is 0 Å². The summed E-state index contributed by atoms with van der Waals surface area (Å²) in [7, 11) is 0. The smallest absolute Gasteiger partial charge is 0.254 e. The van der Waals surface area contributed by atoms with Crippen LogP contribution in [-0.4, -0.2) is 29.8 Å². The number of benzene rings is 1. The lowest BCUT2D eigenvalue weighted by Gasteiger charge is -2.26. The van der Waals surface area contributed by atoms with Gasteiger partial charge in [-0.05, 0) is 31.4 Å². The molecule has 1 amide bonds. The first kappa shape index (κ1) is 17.8. The molecule has 0 radical (unpaired) electrons. The molecule has 0 saturated heterocycles. The summed E-state index contributed by atoms with van der Waals surface area (Å²) in [5, 5.41) is 12.9. The molecule has 1 unspecified atom stereocenters. The van der Waals surface area contributed by atoms with Crippen molar-refractivity contribution in [2.24, 2.45) is 11.7 Å². The first-order valence-corrected chi connectivity index (χ1v) is 8.58. The highest BCUT2D eigenvalue weighted by Gasteiger charge is 2.27. The molecule has 0 bridgehead atoms. The van der Waals surface area contributed by atoms with Gasteiger partial charge in [-0.3, -0.25) is 4.79 Å². The Morgan fingerprint density at radius 1 is 1.35 bits per heavy atom. The molecule has 0 aliphatic heterocycles. The molecule has 0 spiro atoms. The van der Waals surface area contributed by atoms with Gasteiger partial charge < -0.3 is 20.9 Å². The fraction of sp³-hybridized carbons (Fsp3) is 0.611. The summed E-state index contributed by atoms with van der Waals surface area (Å²) in [5.41, 5.74) is 6.62. The highest BCUT2D eigenvalue weighted by molar-refractivity contribution is 5.95. The van der Waals surface area contributed by atoms with E-state index < -0.39 is 18.1 Å². The third-order valence-corrected chi connectivity index (χ3v) is 4.45. The number of amides is 1. The van der Waals surface area contributed by atoms with Crippen LogP contribution in [0.1, 0.15) is 45.4 Å². The van der Waals surface area contributed by atoms with Crippen molar-refractivity contribution in [3.63, 3.8) is 0 Å². The minimum absolute atomic E-state index is 0.472. The molecule has 1 aliphatic carbocycles. The van der Waals surface area contributed by atoms with Crippen LogP contribution in [0.3, 0.4) is 0 Å². The average molecular weight is 320 g/mol. The van der Waals surface area contributed by atoms with Crippen molar-refractivity contribution in [3.8, 4) is 5.75 Å². The number of hydrogen-bond donors (Lipinski definition) is 3. The summed E-state index contributed by atoms with van der Waals surface area (Å²) in [6.07, 6.45) is 5.52. The SMILES string of the molecule is CCOc1ccccc1NC(=O)C(O)[C@H](N)CC1CCCCC1. The number of nitrogens with one attached hydrogen (secondary N) is 1. The number of rotatable bonds is 7. The normalized spacial score (nSPS) is 18.2. The van der Waals surface area contributed by atoms with Crippen molar-refractivity contribution in [3.05, 3.63) is 24.3 Å². The first-order chi connectivity index (χ1) is 11.1. The largest absolute Gasteiger partial charge is 0.492 e. The van der Waals surface area contributed by atoms with E-state index in [1.807, 2.05) is 19.1 Å². The molecule has 23 heavy (non-hydrogen) atoms. The lowest BCUT2D eigenvalue weighted by molar-refractivity contribution is -0.125. The molecule has 4 N–H and O–H groups in total. The number of anilines is 1.